The number of aliphatic hydroxyl groups excluding tert-OH is 3. The standard InChI is InChI=1S/C35H69N3O7/c1-5-6-7-8-9-10-15-18-21-24-27-44-35-31(41)30(40)33(45-35)32(42)34(43)37-26-23-20-17-14-12-11-13-16-19-22-25-36-29(39)28-38(2,3)4/h30-33,35,40-42H,5-28H2,1-4H3,(H-,36,37,39,43)/p+1/t30-,31-,32+,33+,35-/m1/s1. The van der Waals surface area contributed by atoms with E-state index < -0.39 is 36.6 Å². The zero-order valence-electron chi connectivity index (χ0n) is 29.3. The Morgan fingerprint density at radius 2 is 1.13 bits per heavy atom. The molecule has 10 nitrogen and oxygen atoms in total. The number of carbonyl (C=O) groups is 2. The molecule has 1 saturated heterocycles. The molecule has 10 heteroatoms. The van der Waals surface area contributed by atoms with Gasteiger partial charge >= 0.3 is 0 Å². The molecule has 1 aliphatic rings. The number of carbonyl (C=O) groups excluding carboxylic acids is 2. The third-order valence-electron chi connectivity index (χ3n) is 8.46. The van der Waals surface area contributed by atoms with Crippen molar-refractivity contribution in [3.05, 3.63) is 0 Å². The number of rotatable bonds is 29. The molecular weight excluding hydrogens is 574 g/mol. The minimum absolute atomic E-state index is 0.119. The highest BCUT2D eigenvalue weighted by atomic mass is 16.7. The molecule has 1 rings (SSSR count). The Hall–Kier alpha value is -1.30. The number of ether oxygens (including phenoxy) is 2. The molecule has 1 aliphatic heterocycles. The van der Waals surface area contributed by atoms with Crippen LogP contribution in [0.15, 0.2) is 0 Å². The van der Waals surface area contributed by atoms with Crippen molar-refractivity contribution in [2.45, 2.75) is 166 Å². The summed E-state index contributed by atoms with van der Waals surface area (Å²) in [6.45, 7) is 4.35. The van der Waals surface area contributed by atoms with Gasteiger partial charge in [0.2, 0.25) is 0 Å². The second kappa shape index (κ2) is 25.7. The van der Waals surface area contributed by atoms with Crippen molar-refractivity contribution in [3.8, 4) is 0 Å². The molecule has 0 aromatic heterocycles. The van der Waals surface area contributed by atoms with Gasteiger partial charge in [-0.2, -0.15) is 0 Å². The summed E-state index contributed by atoms with van der Waals surface area (Å²) in [5.41, 5.74) is 0. The van der Waals surface area contributed by atoms with Crippen LogP contribution in [-0.2, 0) is 19.1 Å². The third kappa shape index (κ3) is 21.2. The first-order valence-corrected chi connectivity index (χ1v) is 18.2. The summed E-state index contributed by atoms with van der Waals surface area (Å²) in [7, 11) is 6.04. The van der Waals surface area contributed by atoms with E-state index >= 15 is 0 Å². The first kappa shape index (κ1) is 41.7. The molecular formula is C35H70N3O7+. The fourth-order valence-electron chi connectivity index (χ4n) is 5.70. The first-order chi connectivity index (χ1) is 21.6. The number of likely N-dealkylation sites (N-methyl/N-ethyl adjacent to an activating group) is 1. The van der Waals surface area contributed by atoms with Gasteiger partial charge in [-0.15, -0.1) is 0 Å². The maximum Gasteiger partial charge on any atom is 0.275 e. The van der Waals surface area contributed by atoms with E-state index in [1.807, 2.05) is 21.1 Å². The zero-order valence-corrected chi connectivity index (χ0v) is 29.3. The first-order valence-electron chi connectivity index (χ1n) is 18.2. The van der Waals surface area contributed by atoms with Gasteiger partial charge in [-0.05, 0) is 19.3 Å². The lowest BCUT2D eigenvalue weighted by molar-refractivity contribution is -0.862. The monoisotopic (exact) mass is 645 g/mol. The molecule has 2 amide bonds. The van der Waals surface area contributed by atoms with Crippen molar-refractivity contribution in [1.29, 1.82) is 0 Å². The largest absolute Gasteiger partial charge is 0.387 e. The van der Waals surface area contributed by atoms with Gasteiger partial charge in [-0.3, -0.25) is 9.59 Å². The molecule has 0 aromatic carbocycles. The lowest BCUT2D eigenvalue weighted by atomic mass is 10.0. The Kier molecular flexibility index (Phi) is 23.9. The zero-order chi connectivity index (χ0) is 33.3. The fourth-order valence-corrected chi connectivity index (χ4v) is 5.70. The number of amides is 2. The summed E-state index contributed by atoms with van der Waals surface area (Å²) in [5.74, 6) is -0.484. The Morgan fingerprint density at radius 3 is 1.62 bits per heavy atom. The quantitative estimate of drug-likeness (QED) is 0.0594. The van der Waals surface area contributed by atoms with E-state index in [0.717, 1.165) is 64.3 Å². The lowest BCUT2D eigenvalue weighted by Gasteiger charge is -2.22. The van der Waals surface area contributed by atoms with E-state index in [-0.39, 0.29) is 5.91 Å². The maximum absolute atomic E-state index is 12.4. The highest BCUT2D eigenvalue weighted by Gasteiger charge is 2.48. The van der Waals surface area contributed by atoms with Gasteiger partial charge in [0.05, 0.1) is 21.1 Å². The van der Waals surface area contributed by atoms with Crippen molar-refractivity contribution >= 4 is 11.8 Å². The molecule has 0 bridgehead atoms. The smallest absolute Gasteiger partial charge is 0.275 e. The molecule has 266 valence electrons. The average Bonchev–Trinajstić information content (AvgIpc) is 3.27. The Balaban J connectivity index is 2.00. The highest BCUT2D eigenvalue weighted by molar-refractivity contribution is 5.81. The maximum atomic E-state index is 12.4. The van der Waals surface area contributed by atoms with E-state index in [9.17, 15) is 24.9 Å². The van der Waals surface area contributed by atoms with E-state index in [2.05, 4.69) is 17.6 Å². The molecule has 1 fully saturated rings. The second-order valence-corrected chi connectivity index (χ2v) is 14.1. The predicted molar refractivity (Wildman–Crippen MR) is 180 cm³/mol. The van der Waals surface area contributed by atoms with Gasteiger partial charge in [0.25, 0.3) is 11.8 Å². The highest BCUT2D eigenvalue weighted by Crippen LogP contribution is 2.25. The van der Waals surface area contributed by atoms with Crippen molar-refractivity contribution in [1.82, 2.24) is 10.6 Å². The lowest BCUT2D eigenvalue weighted by Crippen LogP contribution is -2.47. The summed E-state index contributed by atoms with van der Waals surface area (Å²) in [6, 6.07) is 0. The third-order valence-corrected chi connectivity index (χ3v) is 8.46. The van der Waals surface area contributed by atoms with Crippen LogP contribution in [0.5, 0.6) is 0 Å². The number of hydrogen-bond donors (Lipinski definition) is 5. The van der Waals surface area contributed by atoms with E-state index in [0.29, 0.717) is 24.2 Å². The van der Waals surface area contributed by atoms with Crippen LogP contribution in [0.1, 0.15) is 135 Å². The van der Waals surface area contributed by atoms with Gasteiger partial charge in [0.15, 0.2) is 18.9 Å². The van der Waals surface area contributed by atoms with Gasteiger partial charge < -0.3 is 39.9 Å². The van der Waals surface area contributed by atoms with Crippen LogP contribution in [0.3, 0.4) is 0 Å². The van der Waals surface area contributed by atoms with Crippen LogP contribution in [0.25, 0.3) is 0 Å². The number of nitrogens with zero attached hydrogens (tertiary/aromatic N) is 1. The summed E-state index contributed by atoms with van der Waals surface area (Å²) < 4.78 is 11.8. The van der Waals surface area contributed by atoms with E-state index in [1.54, 1.807) is 0 Å². The molecule has 1 heterocycles. The van der Waals surface area contributed by atoms with Crippen molar-refractivity contribution in [3.63, 3.8) is 0 Å². The van der Waals surface area contributed by atoms with Crippen LogP contribution >= 0.6 is 0 Å². The number of hydrogen-bond acceptors (Lipinski definition) is 7. The minimum Gasteiger partial charge on any atom is -0.387 e. The van der Waals surface area contributed by atoms with Crippen LogP contribution < -0.4 is 10.6 Å². The van der Waals surface area contributed by atoms with Gasteiger partial charge in [0, 0.05) is 19.7 Å². The average molecular weight is 645 g/mol. The Bertz CT molecular complexity index is 749. The van der Waals surface area contributed by atoms with E-state index in [4.69, 9.17) is 9.47 Å². The topological polar surface area (TPSA) is 137 Å². The summed E-state index contributed by atoms with van der Waals surface area (Å²) in [6.07, 6.45) is 16.7. The molecule has 0 spiro atoms. The Morgan fingerprint density at radius 1 is 0.689 bits per heavy atom. The van der Waals surface area contributed by atoms with Gasteiger partial charge in [0.1, 0.15) is 18.3 Å². The molecule has 0 saturated carbocycles. The fraction of sp³-hybridized carbons (Fsp3) is 0.943. The van der Waals surface area contributed by atoms with Gasteiger partial charge in [-0.25, -0.2) is 0 Å². The van der Waals surface area contributed by atoms with Crippen LogP contribution in [0.4, 0.5) is 0 Å². The molecule has 0 unspecified atom stereocenters. The molecule has 0 aromatic rings. The van der Waals surface area contributed by atoms with Crippen LogP contribution in [0, 0.1) is 0 Å². The molecule has 0 radical (unpaired) electrons. The van der Waals surface area contributed by atoms with Crippen LogP contribution in [0.2, 0.25) is 0 Å². The van der Waals surface area contributed by atoms with E-state index in [1.165, 1.54) is 70.6 Å². The summed E-state index contributed by atoms with van der Waals surface area (Å²) in [4.78, 5) is 24.3. The predicted octanol–water partition coefficient (Wildman–Crippen LogP) is 4.57. The molecule has 0 aliphatic carbocycles. The molecule has 45 heavy (non-hydrogen) atoms. The van der Waals surface area contributed by atoms with Crippen molar-refractivity contribution < 1.29 is 38.9 Å². The summed E-state index contributed by atoms with van der Waals surface area (Å²) in [5, 5.41) is 36.8. The SMILES string of the molecule is CCCCCCCCCCCCO[C@@H]1O[C@H]([C@H](O)C(=O)NCCCCCCCCCCCCNC(=O)C[N+](C)(C)C)[C@H](O)[C@H]1O. The number of unbranched alkanes of at least 4 members (excludes halogenated alkanes) is 18. The minimum atomic E-state index is -1.57. The summed E-state index contributed by atoms with van der Waals surface area (Å²) >= 11 is 0. The normalized spacial score (nSPS) is 20.8. The molecule has 5 atom stereocenters. The number of quaternary nitrogens is 1. The van der Waals surface area contributed by atoms with Crippen molar-refractivity contribution in [2.24, 2.45) is 0 Å². The van der Waals surface area contributed by atoms with Crippen LogP contribution in [-0.4, -0.2) is 110 Å². The molecule has 5 N–H and O–H groups in total. The van der Waals surface area contributed by atoms with Crippen molar-refractivity contribution in [2.75, 3.05) is 47.4 Å². The van der Waals surface area contributed by atoms with Gasteiger partial charge in [-0.1, -0.05) is 116 Å². The second-order valence-electron chi connectivity index (χ2n) is 14.1. The number of aliphatic hydroxyl groups is 3. The Labute approximate surface area is 274 Å². The number of nitrogens with one attached hydrogen (secondary N) is 2.